The molecule has 1 amide bonds. The first-order chi connectivity index (χ1) is 14.4. The smallest absolute Gasteiger partial charge is 0.243 e. The van der Waals surface area contributed by atoms with Gasteiger partial charge in [-0.3, -0.25) is 9.36 Å². The van der Waals surface area contributed by atoms with E-state index >= 15 is 0 Å². The number of nitrogens with one attached hydrogen (secondary N) is 1. The fourth-order valence-electron chi connectivity index (χ4n) is 3.04. The summed E-state index contributed by atoms with van der Waals surface area (Å²) in [5.41, 5.74) is 2.15. The maximum Gasteiger partial charge on any atom is 0.243 e. The van der Waals surface area contributed by atoms with E-state index in [1.54, 1.807) is 29.4 Å². The van der Waals surface area contributed by atoms with Crippen molar-refractivity contribution in [3.8, 4) is 17.4 Å². The molecule has 0 unspecified atom stereocenters. The second-order valence-electron chi connectivity index (χ2n) is 7.62. The fraction of sp³-hybridized carbons (Fsp3) is 0.273. The van der Waals surface area contributed by atoms with Crippen LogP contribution in [0, 0.1) is 6.92 Å². The number of rotatable bonds is 6. The van der Waals surface area contributed by atoms with Crippen LogP contribution in [0.1, 0.15) is 30.8 Å². The normalized spacial score (nSPS) is 13.0. The molecular weight excluding hydrogens is 382 g/mol. The Bertz CT molecular complexity index is 1090. The minimum atomic E-state index is -0.459. The lowest BCUT2D eigenvalue weighted by molar-refractivity contribution is -0.116. The number of carbonyl (C=O) groups excluding carboxylic acids is 1. The van der Waals surface area contributed by atoms with E-state index < -0.39 is 5.41 Å². The molecule has 3 heterocycles. The Morgan fingerprint density at radius 1 is 1.23 bits per heavy atom. The van der Waals surface area contributed by atoms with Gasteiger partial charge in [-0.15, -0.1) is 0 Å². The SMILES string of the molecule is Cc1cc(C(C)(C)C=CC(=O)NCc2ccc3c(c2)OCO3)nc(-n2ccnc2)n1. The lowest BCUT2D eigenvalue weighted by Gasteiger charge is -2.20. The van der Waals surface area contributed by atoms with Crippen molar-refractivity contribution in [2.24, 2.45) is 0 Å². The summed E-state index contributed by atoms with van der Waals surface area (Å²) >= 11 is 0. The summed E-state index contributed by atoms with van der Waals surface area (Å²) < 4.78 is 12.4. The number of allylic oxidation sites excluding steroid dienone is 1. The molecule has 1 aliphatic heterocycles. The van der Waals surface area contributed by atoms with Gasteiger partial charge in [0.25, 0.3) is 0 Å². The Kier molecular flexibility index (Phi) is 5.22. The molecule has 0 saturated heterocycles. The van der Waals surface area contributed by atoms with Crippen molar-refractivity contribution in [2.45, 2.75) is 32.7 Å². The highest BCUT2D eigenvalue weighted by Gasteiger charge is 2.21. The number of imidazole rings is 1. The third kappa shape index (κ3) is 4.32. The molecule has 1 aromatic carbocycles. The molecule has 0 bridgehead atoms. The number of carbonyl (C=O) groups is 1. The highest BCUT2D eigenvalue weighted by Crippen LogP contribution is 2.32. The molecule has 0 atom stereocenters. The molecule has 4 rings (SSSR count). The number of hydrogen-bond donors (Lipinski definition) is 1. The zero-order valence-electron chi connectivity index (χ0n) is 17.1. The molecule has 30 heavy (non-hydrogen) atoms. The van der Waals surface area contributed by atoms with Crippen LogP contribution < -0.4 is 14.8 Å². The van der Waals surface area contributed by atoms with Crippen LogP contribution in [-0.2, 0) is 16.8 Å². The van der Waals surface area contributed by atoms with E-state index in [0.29, 0.717) is 18.2 Å². The molecule has 0 spiro atoms. The van der Waals surface area contributed by atoms with Crippen molar-refractivity contribution in [2.75, 3.05) is 6.79 Å². The number of amides is 1. The van der Waals surface area contributed by atoms with Gasteiger partial charge in [-0.2, -0.15) is 0 Å². The first-order valence-corrected chi connectivity index (χ1v) is 9.61. The van der Waals surface area contributed by atoms with Gasteiger partial charge < -0.3 is 14.8 Å². The number of fused-ring (bicyclic) bond motifs is 1. The van der Waals surface area contributed by atoms with Gasteiger partial charge in [0.2, 0.25) is 18.6 Å². The van der Waals surface area contributed by atoms with Gasteiger partial charge >= 0.3 is 0 Å². The quantitative estimate of drug-likeness (QED) is 0.634. The minimum Gasteiger partial charge on any atom is -0.454 e. The van der Waals surface area contributed by atoms with Gasteiger partial charge in [-0.05, 0) is 36.8 Å². The molecule has 0 aliphatic carbocycles. The number of nitrogens with zero attached hydrogens (tertiary/aromatic N) is 4. The van der Waals surface area contributed by atoms with Crippen LogP contribution >= 0.6 is 0 Å². The van der Waals surface area contributed by atoms with E-state index in [0.717, 1.165) is 22.7 Å². The van der Waals surface area contributed by atoms with Gasteiger partial charge in [0.05, 0.1) is 5.69 Å². The number of ether oxygens (including phenoxy) is 2. The maximum absolute atomic E-state index is 12.3. The molecule has 0 saturated carbocycles. The standard InChI is InChI=1S/C22H23N5O3/c1-15-10-19(26-21(25-15)27-9-8-23-13-27)22(2,3)7-6-20(28)24-12-16-4-5-17-18(11-16)30-14-29-17/h4-11,13H,12,14H2,1-3H3,(H,24,28). The Balaban J connectivity index is 1.43. The highest BCUT2D eigenvalue weighted by atomic mass is 16.7. The van der Waals surface area contributed by atoms with Gasteiger partial charge in [-0.1, -0.05) is 26.0 Å². The molecule has 3 aromatic rings. The van der Waals surface area contributed by atoms with Gasteiger partial charge in [0, 0.05) is 30.0 Å². The number of benzene rings is 1. The molecule has 154 valence electrons. The number of hydrogen-bond acceptors (Lipinski definition) is 6. The average Bonchev–Trinajstić information content (AvgIpc) is 3.41. The second kappa shape index (κ2) is 7.98. The summed E-state index contributed by atoms with van der Waals surface area (Å²) in [6, 6.07) is 7.55. The Labute approximate surface area is 174 Å². The summed E-state index contributed by atoms with van der Waals surface area (Å²) in [6.45, 7) is 6.57. The van der Waals surface area contributed by atoms with Crippen molar-refractivity contribution in [1.82, 2.24) is 24.8 Å². The first kappa shape index (κ1) is 19.6. The fourth-order valence-corrected chi connectivity index (χ4v) is 3.04. The molecule has 8 heteroatoms. The van der Waals surface area contributed by atoms with Crippen LogP contribution in [0.3, 0.4) is 0 Å². The third-order valence-corrected chi connectivity index (χ3v) is 4.79. The minimum absolute atomic E-state index is 0.179. The van der Waals surface area contributed by atoms with Crippen LogP contribution in [0.5, 0.6) is 11.5 Å². The molecule has 0 fully saturated rings. The van der Waals surface area contributed by atoms with Crippen molar-refractivity contribution in [3.05, 3.63) is 72.1 Å². The van der Waals surface area contributed by atoms with E-state index in [1.165, 1.54) is 0 Å². The zero-order chi connectivity index (χ0) is 21.1. The predicted molar refractivity (Wildman–Crippen MR) is 110 cm³/mol. The van der Waals surface area contributed by atoms with Gasteiger partial charge in [-0.25, -0.2) is 15.0 Å². The zero-order valence-corrected chi connectivity index (χ0v) is 17.1. The van der Waals surface area contributed by atoms with Gasteiger partial charge in [0.15, 0.2) is 11.5 Å². The largest absolute Gasteiger partial charge is 0.454 e. The van der Waals surface area contributed by atoms with Crippen molar-refractivity contribution >= 4 is 5.91 Å². The number of aryl methyl sites for hydroxylation is 1. The Hall–Kier alpha value is -3.68. The summed E-state index contributed by atoms with van der Waals surface area (Å²) in [5, 5.41) is 2.89. The molecular formula is C22H23N5O3. The lowest BCUT2D eigenvalue weighted by Crippen LogP contribution is -2.23. The topological polar surface area (TPSA) is 91.2 Å². The van der Waals surface area contributed by atoms with E-state index in [4.69, 9.17) is 9.47 Å². The Morgan fingerprint density at radius 3 is 2.87 bits per heavy atom. The van der Waals surface area contributed by atoms with Crippen molar-refractivity contribution < 1.29 is 14.3 Å². The second-order valence-corrected chi connectivity index (χ2v) is 7.62. The maximum atomic E-state index is 12.3. The van der Waals surface area contributed by atoms with Gasteiger partial charge in [0.1, 0.15) is 6.33 Å². The van der Waals surface area contributed by atoms with Crippen molar-refractivity contribution in [3.63, 3.8) is 0 Å². The summed E-state index contributed by atoms with van der Waals surface area (Å²) in [5.74, 6) is 1.80. The molecule has 1 aliphatic rings. The van der Waals surface area contributed by atoms with Crippen LogP contribution in [0.25, 0.3) is 5.95 Å². The first-order valence-electron chi connectivity index (χ1n) is 9.61. The summed E-state index contributed by atoms with van der Waals surface area (Å²) in [4.78, 5) is 25.5. The van der Waals surface area contributed by atoms with Crippen LogP contribution in [0.4, 0.5) is 0 Å². The lowest BCUT2D eigenvalue weighted by atomic mass is 9.88. The molecule has 2 aromatic heterocycles. The van der Waals surface area contributed by atoms with E-state index in [9.17, 15) is 4.79 Å². The molecule has 8 nitrogen and oxygen atoms in total. The van der Waals surface area contributed by atoms with Crippen molar-refractivity contribution in [1.29, 1.82) is 0 Å². The van der Waals surface area contributed by atoms with Crippen LogP contribution in [0.15, 0.2) is 55.1 Å². The Morgan fingerprint density at radius 2 is 2.07 bits per heavy atom. The number of aromatic nitrogens is 4. The highest BCUT2D eigenvalue weighted by molar-refractivity contribution is 5.87. The monoisotopic (exact) mass is 405 g/mol. The third-order valence-electron chi connectivity index (χ3n) is 4.79. The van der Waals surface area contributed by atoms with E-state index in [-0.39, 0.29) is 12.7 Å². The summed E-state index contributed by atoms with van der Waals surface area (Å²) in [7, 11) is 0. The predicted octanol–water partition coefficient (Wildman–Crippen LogP) is 2.85. The molecule has 1 N–H and O–H groups in total. The average molecular weight is 405 g/mol. The van der Waals surface area contributed by atoms with Crippen LogP contribution in [0.2, 0.25) is 0 Å². The van der Waals surface area contributed by atoms with E-state index in [2.05, 4.69) is 20.3 Å². The summed E-state index contributed by atoms with van der Waals surface area (Å²) in [6.07, 6.45) is 8.53. The molecule has 0 radical (unpaired) electrons. The van der Waals surface area contributed by atoms with Crippen LogP contribution in [-0.4, -0.2) is 32.2 Å². The van der Waals surface area contributed by atoms with E-state index in [1.807, 2.05) is 51.1 Å².